The molecule has 0 spiro atoms. The molecule has 0 bridgehead atoms. The minimum atomic E-state index is 0. The molecule has 1 fully saturated rings. The van der Waals surface area contributed by atoms with Gasteiger partial charge in [0, 0.05) is 31.7 Å². The number of amides is 1. The Balaban J connectivity index is 0.00000364. The lowest BCUT2D eigenvalue weighted by Gasteiger charge is -2.25. The Hall–Kier alpha value is -1.35. The zero-order valence-electron chi connectivity index (χ0n) is 16.7. The fraction of sp³-hybridized carbons (Fsp3) is 0.600. The van der Waals surface area contributed by atoms with E-state index in [0.29, 0.717) is 18.0 Å². The molecule has 0 heterocycles. The second-order valence-corrected chi connectivity index (χ2v) is 7.00. The van der Waals surface area contributed by atoms with E-state index in [-0.39, 0.29) is 36.4 Å². The first kappa shape index (κ1) is 23.7. The lowest BCUT2D eigenvalue weighted by molar-refractivity contribution is -0.119. The summed E-state index contributed by atoms with van der Waals surface area (Å²) in [5.74, 6) is 0.706. The van der Waals surface area contributed by atoms with E-state index in [1.807, 2.05) is 13.0 Å². The first-order valence-electron chi connectivity index (χ1n) is 9.64. The summed E-state index contributed by atoms with van der Waals surface area (Å²) in [5.41, 5.74) is 1.33. The predicted octanol–water partition coefficient (Wildman–Crippen LogP) is 2.35. The van der Waals surface area contributed by atoms with Crippen LogP contribution >= 0.6 is 24.0 Å². The van der Waals surface area contributed by atoms with Crippen molar-refractivity contribution in [3.8, 4) is 0 Å². The Labute approximate surface area is 180 Å². The Morgan fingerprint density at radius 1 is 1.26 bits per heavy atom. The highest BCUT2D eigenvalue weighted by Gasteiger charge is 2.22. The first-order valence-corrected chi connectivity index (χ1v) is 9.64. The van der Waals surface area contributed by atoms with Crippen LogP contribution in [-0.2, 0) is 11.3 Å². The molecule has 1 aliphatic rings. The van der Waals surface area contributed by atoms with Gasteiger partial charge in [0.25, 0.3) is 0 Å². The van der Waals surface area contributed by atoms with E-state index in [1.54, 1.807) is 0 Å². The number of aliphatic imine (C=N–C) groups is 1. The van der Waals surface area contributed by atoms with Crippen molar-refractivity contribution in [3.05, 3.63) is 35.9 Å². The van der Waals surface area contributed by atoms with Gasteiger partial charge in [-0.25, -0.2) is 4.99 Å². The maximum Gasteiger partial charge on any atom is 0.242 e. The molecule has 1 aliphatic carbocycles. The number of carbonyl (C=O) groups excluding carboxylic acids is 1. The van der Waals surface area contributed by atoms with Crippen molar-refractivity contribution in [3.63, 3.8) is 0 Å². The molecule has 1 saturated carbocycles. The molecule has 1 unspecified atom stereocenters. The maximum atomic E-state index is 11.8. The van der Waals surface area contributed by atoms with Crippen LogP contribution in [0, 0.1) is 0 Å². The summed E-state index contributed by atoms with van der Waals surface area (Å²) in [4.78, 5) is 18.5. The molecular weight excluding hydrogens is 453 g/mol. The van der Waals surface area contributed by atoms with Gasteiger partial charge in [0.1, 0.15) is 6.54 Å². The van der Waals surface area contributed by atoms with Crippen molar-refractivity contribution in [2.45, 2.75) is 51.7 Å². The van der Waals surface area contributed by atoms with Crippen LogP contribution in [0.15, 0.2) is 35.3 Å². The van der Waals surface area contributed by atoms with Crippen LogP contribution in [-0.4, -0.2) is 55.5 Å². The lowest BCUT2D eigenvalue weighted by Crippen LogP contribution is -2.41. The average molecular weight is 487 g/mol. The van der Waals surface area contributed by atoms with Gasteiger partial charge in [0.05, 0.1) is 0 Å². The van der Waals surface area contributed by atoms with E-state index in [9.17, 15) is 4.79 Å². The molecule has 3 N–H and O–H groups in total. The molecule has 27 heavy (non-hydrogen) atoms. The molecule has 1 aromatic rings. The lowest BCUT2D eigenvalue weighted by atomic mass is 10.1. The SMILES string of the molecule is CCNC(=NCC(=O)NC1CC1)NCCC(C)N(C)Cc1ccccc1.I. The number of carbonyl (C=O) groups is 1. The summed E-state index contributed by atoms with van der Waals surface area (Å²) in [7, 11) is 2.15. The zero-order chi connectivity index (χ0) is 18.8. The summed E-state index contributed by atoms with van der Waals surface area (Å²) in [6, 6.07) is 11.3. The van der Waals surface area contributed by atoms with Gasteiger partial charge < -0.3 is 16.0 Å². The van der Waals surface area contributed by atoms with Crippen LogP contribution in [0.2, 0.25) is 0 Å². The molecule has 0 radical (unpaired) electrons. The van der Waals surface area contributed by atoms with Gasteiger partial charge >= 0.3 is 0 Å². The molecule has 7 heteroatoms. The normalized spacial score (nSPS) is 15.0. The molecule has 6 nitrogen and oxygen atoms in total. The highest BCUT2D eigenvalue weighted by molar-refractivity contribution is 14.0. The molecule has 2 rings (SSSR count). The van der Waals surface area contributed by atoms with E-state index in [4.69, 9.17) is 0 Å². The third kappa shape index (κ3) is 9.95. The van der Waals surface area contributed by atoms with Crippen LogP contribution in [0.1, 0.15) is 38.7 Å². The fourth-order valence-electron chi connectivity index (χ4n) is 2.64. The molecule has 0 aromatic heterocycles. The van der Waals surface area contributed by atoms with Crippen LogP contribution in [0.3, 0.4) is 0 Å². The molecular formula is C20H34IN5O. The third-order valence-electron chi connectivity index (χ3n) is 4.55. The highest BCUT2D eigenvalue weighted by atomic mass is 127. The molecule has 1 aromatic carbocycles. The fourth-order valence-corrected chi connectivity index (χ4v) is 2.64. The Morgan fingerprint density at radius 3 is 2.59 bits per heavy atom. The number of rotatable bonds is 10. The van der Waals surface area contributed by atoms with E-state index < -0.39 is 0 Å². The number of nitrogens with zero attached hydrogens (tertiary/aromatic N) is 2. The van der Waals surface area contributed by atoms with Crippen LogP contribution in [0.25, 0.3) is 0 Å². The summed E-state index contributed by atoms with van der Waals surface area (Å²) >= 11 is 0. The average Bonchev–Trinajstić information content (AvgIpc) is 3.44. The summed E-state index contributed by atoms with van der Waals surface area (Å²) < 4.78 is 0. The predicted molar refractivity (Wildman–Crippen MR) is 123 cm³/mol. The van der Waals surface area contributed by atoms with Crippen molar-refractivity contribution < 1.29 is 4.79 Å². The maximum absolute atomic E-state index is 11.8. The Kier molecular flexibility index (Phi) is 11.3. The molecule has 1 atom stereocenters. The van der Waals surface area contributed by atoms with Crippen molar-refractivity contribution in [1.82, 2.24) is 20.9 Å². The number of hydrogen-bond acceptors (Lipinski definition) is 3. The van der Waals surface area contributed by atoms with Crippen LogP contribution < -0.4 is 16.0 Å². The van der Waals surface area contributed by atoms with Gasteiger partial charge in [-0.15, -0.1) is 24.0 Å². The van der Waals surface area contributed by atoms with Gasteiger partial charge in [-0.2, -0.15) is 0 Å². The van der Waals surface area contributed by atoms with Crippen molar-refractivity contribution in [2.75, 3.05) is 26.7 Å². The molecule has 1 amide bonds. The monoisotopic (exact) mass is 487 g/mol. The minimum Gasteiger partial charge on any atom is -0.357 e. The smallest absolute Gasteiger partial charge is 0.242 e. The van der Waals surface area contributed by atoms with E-state index in [0.717, 1.165) is 38.9 Å². The molecule has 152 valence electrons. The number of halogens is 1. The minimum absolute atomic E-state index is 0. The topological polar surface area (TPSA) is 68.8 Å². The number of nitrogens with one attached hydrogen (secondary N) is 3. The summed E-state index contributed by atoms with van der Waals surface area (Å²) in [6.07, 6.45) is 3.20. The third-order valence-corrected chi connectivity index (χ3v) is 4.55. The van der Waals surface area contributed by atoms with Gasteiger partial charge in [0.2, 0.25) is 5.91 Å². The molecule has 0 aliphatic heterocycles. The van der Waals surface area contributed by atoms with Crippen molar-refractivity contribution >= 4 is 35.8 Å². The molecule has 0 saturated heterocycles. The summed E-state index contributed by atoms with van der Waals surface area (Å²) in [6.45, 7) is 6.97. The van der Waals surface area contributed by atoms with Crippen LogP contribution in [0.4, 0.5) is 0 Å². The first-order chi connectivity index (χ1) is 12.6. The van der Waals surface area contributed by atoms with E-state index >= 15 is 0 Å². The van der Waals surface area contributed by atoms with Gasteiger partial charge in [-0.1, -0.05) is 30.3 Å². The number of hydrogen-bond donors (Lipinski definition) is 3. The number of guanidine groups is 1. The largest absolute Gasteiger partial charge is 0.357 e. The Bertz CT molecular complexity index is 577. The second kappa shape index (κ2) is 12.9. The standard InChI is InChI=1S/C20H33N5O.HI/c1-4-21-20(23-14-19(26)24-18-10-11-18)22-13-12-16(2)25(3)15-17-8-6-5-7-9-17;/h5-9,16,18H,4,10-15H2,1-3H3,(H,24,26)(H2,21,22,23);1H. The van der Waals surface area contributed by atoms with Gasteiger partial charge in [-0.05, 0) is 45.7 Å². The zero-order valence-corrected chi connectivity index (χ0v) is 19.0. The quantitative estimate of drug-likeness (QED) is 0.269. The van der Waals surface area contributed by atoms with E-state index in [2.05, 4.69) is 64.1 Å². The Morgan fingerprint density at radius 2 is 1.96 bits per heavy atom. The van der Waals surface area contributed by atoms with Crippen molar-refractivity contribution in [1.29, 1.82) is 0 Å². The number of benzene rings is 1. The highest BCUT2D eigenvalue weighted by Crippen LogP contribution is 2.18. The van der Waals surface area contributed by atoms with Gasteiger partial charge in [0.15, 0.2) is 5.96 Å². The van der Waals surface area contributed by atoms with Crippen LogP contribution in [0.5, 0.6) is 0 Å². The summed E-state index contributed by atoms with van der Waals surface area (Å²) in [5, 5.41) is 9.48. The van der Waals surface area contributed by atoms with E-state index in [1.165, 1.54) is 5.56 Å². The van der Waals surface area contributed by atoms with Gasteiger partial charge in [-0.3, -0.25) is 9.69 Å². The van der Waals surface area contributed by atoms with Crippen molar-refractivity contribution in [2.24, 2.45) is 4.99 Å². The second-order valence-electron chi connectivity index (χ2n) is 7.00.